The van der Waals surface area contributed by atoms with Crippen molar-refractivity contribution in [3.8, 4) is 0 Å². The Balaban J connectivity index is 2.73. The van der Waals surface area contributed by atoms with Crippen molar-refractivity contribution in [2.45, 2.75) is 33.6 Å². The SMILES string of the molecule is CC(C)C1(C)CCCNC1=O. The zero-order valence-corrected chi connectivity index (χ0v) is 7.61. The highest BCUT2D eigenvalue weighted by Gasteiger charge is 2.37. The summed E-state index contributed by atoms with van der Waals surface area (Å²) in [6.07, 6.45) is 2.16. The molecule has 1 aliphatic rings. The van der Waals surface area contributed by atoms with E-state index in [4.69, 9.17) is 0 Å². The summed E-state index contributed by atoms with van der Waals surface area (Å²) in [7, 11) is 0. The van der Waals surface area contributed by atoms with Crippen molar-refractivity contribution in [1.82, 2.24) is 5.32 Å². The normalized spacial score (nSPS) is 32.2. The van der Waals surface area contributed by atoms with Crippen LogP contribution in [0, 0.1) is 11.3 Å². The van der Waals surface area contributed by atoms with Gasteiger partial charge in [-0.1, -0.05) is 20.8 Å². The monoisotopic (exact) mass is 155 g/mol. The van der Waals surface area contributed by atoms with Crippen LogP contribution in [0.25, 0.3) is 0 Å². The van der Waals surface area contributed by atoms with Crippen molar-refractivity contribution in [2.75, 3.05) is 6.54 Å². The molecule has 64 valence electrons. The van der Waals surface area contributed by atoms with Gasteiger partial charge in [-0.25, -0.2) is 0 Å². The third-order valence-electron chi connectivity index (χ3n) is 2.95. The lowest BCUT2D eigenvalue weighted by Gasteiger charge is -2.35. The van der Waals surface area contributed by atoms with Gasteiger partial charge in [0.1, 0.15) is 0 Å². The molecule has 1 N–H and O–H groups in total. The van der Waals surface area contributed by atoms with E-state index in [1.807, 2.05) is 0 Å². The van der Waals surface area contributed by atoms with E-state index in [1.165, 1.54) is 0 Å². The Morgan fingerprint density at radius 2 is 2.18 bits per heavy atom. The Hall–Kier alpha value is -0.530. The molecule has 0 saturated carbocycles. The standard InChI is InChI=1S/C9H17NO/c1-7(2)9(3)5-4-6-10-8(9)11/h7H,4-6H2,1-3H3,(H,10,11). The molecule has 1 atom stereocenters. The molecule has 1 aliphatic heterocycles. The maximum Gasteiger partial charge on any atom is 0.226 e. The molecule has 2 heteroatoms. The lowest BCUT2D eigenvalue weighted by molar-refractivity contribution is -0.135. The Morgan fingerprint density at radius 3 is 2.55 bits per heavy atom. The van der Waals surface area contributed by atoms with Gasteiger partial charge in [0.2, 0.25) is 5.91 Å². The van der Waals surface area contributed by atoms with Gasteiger partial charge in [0.15, 0.2) is 0 Å². The second kappa shape index (κ2) is 2.84. The largest absolute Gasteiger partial charge is 0.356 e. The molecular weight excluding hydrogens is 138 g/mol. The Morgan fingerprint density at radius 1 is 1.55 bits per heavy atom. The minimum absolute atomic E-state index is 0.113. The first-order valence-corrected chi connectivity index (χ1v) is 4.35. The van der Waals surface area contributed by atoms with Crippen LogP contribution in [0.4, 0.5) is 0 Å². The molecule has 1 fully saturated rings. The molecule has 2 nitrogen and oxygen atoms in total. The molecule has 0 aromatic rings. The Bertz CT molecular complexity index is 165. The fourth-order valence-corrected chi connectivity index (χ4v) is 1.52. The van der Waals surface area contributed by atoms with E-state index in [2.05, 4.69) is 26.1 Å². The van der Waals surface area contributed by atoms with Crippen LogP contribution in [0.1, 0.15) is 33.6 Å². The summed E-state index contributed by atoms with van der Waals surface area (Å²) in [5, 5.41) is 2.92. The number of hydrogen-bond acceptors (Lipinski definition) is 1. The molecule has 1 unspecified atom stereocenters. The van der Waals surface area contributed by atoms with Crippen molar-refractivity contribution in [1.29, 1.82) is 0 Å². The van der Waals surface area contributed by atoms with Crippen LogP contribution in [0.2, 0.25) is 0 Å². The number of piperidine rings is 1. The minimum atomic E-state index is -0.113. The maximum atomic E-state index is 11.4. The van der Waals surface area contributed by atoms with Gasteiger partial charge in [-0.15, -0.1) is 0 Å². The molecule has 1 rings (SSSR count). The summed E-state index contributed by atoms with van der Waals surface area (Å²) in [5.74, 6) is 0.682. The van der Waals surface area contributed by atoms with E-state index >= 15 is 0 Å². The van der Waals surface area contributed by atoms with E-state index in [-0.39, 0.29) is 11.3 Å². The number of nitrogens with one attached hydrogen (secondary N) is 1. The Kier molecular flexibility index (Phi) is 2.21. The number of carbonyl (C=O) groups is 1. The van der Waals surface area contributed by atoms with Crippen LogP contribution in [-0.2, 0) is 4.79 Å². The van der Waals surface area contributed by atoms with Crippen molar-refractivity contribution in [3.63, 3.8) is 0 Å². The first-order valence-electron chi connectivity index (χ1n) is 4.35. The summed E-state index contributed by atoms with van der Waals surface area (Å²) in [6, 6.07) is 0. The molecule has 0 aromatic heterocycles. The molecule has 0 aliphatic carbocycles. The van der Waals surface area contributed by atoms with Gasteiger partial charge < -0.3 is 5.32 Å². The highest BCUT2D eigenvalue weighted by atomic mass is 16.2. The average molecular weight is 155 g/mol. The van der Waals surface area contributed by atoms with Crippen LogP contribution in [0.15, 0.2) is 0 Å². The summed E-state index contributed by atoms with van der Waals surface area (Å²) in [5.41, 5.74) is -0.113. The van der Waals surface area contributed by atoms with E-state index in [0.717, 1.165) is 19.4 Å². The third kappa shape index (κ3) is 1.39. The lowest BCUT2D eigenvalue weighted by Crippen LogP contribution is -2.46. The smallest absolute Gasteiger partial charge is 0.226 e. The van der Waals surface area contributed by atoms with E-state index in [9.17, 15) is 4.79 Å². The van der Waals surface area contributed by atoms with Crippen LogP contribution in [0.5, 0.6) is 0 Å². The van der Waals surface area contributed by atoms with Gasteiger partial charge in [-0.2, -0.15) is 0 Å². The molecule has 0 aromatic carbocycles. The minimum Gasteiger partial charge on any atom is -0.356 e. The van der Waals surface area contributed by atoms with Gasteiger partial charge in [-0.3, -0.25) is 4.79 Å². The summed E-state index contributed by atoms with van der Waals surface area (Å²) in [6.45, 7) is 7.16. The first-order chi connectivity index (χ1) is 5.07. The zero-order valence-electron chi connectivity index (χ0n) is 7.61. The van der Waals surface area contributed by atoms with Crippen LogP contribution in [0.3, 0.4) is 0 Å². The van der Waals surface area contributed by atoms with E-state index in [1.54, 1.807) is 0 Å². The first kappa shape index (κ1) is 8.57. The molecule has 0 bridgehead atoms. The molecule has 1 heterocycles. The second-order valence-electron chi connectivity index (χ2n) is 3.93. The van der Waals surface area contributed by atoms with Crippen LogP contribution >= 0.6 is 0 Å². The van der Waals surface area contributed by atoms with E-state index in [0.29, 0.717) is 5.92 Å². The summed E-state index contributed by atoms with van der Waals surface area (Å²) < 4.78 is 0. The van der Waals surface area contributed by atoms with Crippen molar-refractivity contribution in [2.24, 2.45) is 11.3 Å². The summed E-state index contributed by atoms with van der Waals surface area (Å²) >= 11 is 0. The molecule has 1 amide bonds. The van der Waals surface area contributed by atoms with Crippen molar-refractivity contribution in [3.05, 3.63) is 0 Å². The second-order valence-corrected chi connectivity index (χ2v) is 3.93. The highest BCUT2D eigenvalue weighted by Crippen LogP contribution is 2.34. The molecule has 0 spiro atoms. The maximum absolute atomic E-state index is 11.4. The van der Waals surface area contributed by atoms with Gasteiger partial charge >= 0.3 is 0 Å². The van der Waals surface area contributed by atoms with Crippen LogP contribution in [-0.4, -0.2) is 12.5 Å². The molecular formula is C9H17NO. The fourth-order valence-electron chi connectivity index (χ4n) is 1.52. The number of rotatable bonds is 1. The topological polar surface area (TPSA) is 29.1 Å². The molecule has 1 saturated heterocycles. The van der Waals surface area contributed by atoms with Gasteiger partial charge in [0, 0.05) is 12.0 Å². The fraction of sp³-hybridized carbons (Fsp3) is 0.889. The van der Waals surface area contributed by atoms with Gasteiger partial charge in [-0.05, 0) is 18.8 Å². The van der Waals surface area contributed by atoms with Gasteiger partial charge in [0.25, 0.3) is 0 Å². The lowest BCUT2D eigenvalue weighted by atomic mass is 9.73. The van der Waals surface area contributed by atoms with Crippen LogP contribution < -0.4 is 5.32 Å². The third-order valence-corrected chi connectivity index (χ3v) is 2.95. The average Bonchev–Trinajstić information content (AvgIpc) is 1.95. The highest BCUT2D eigenvalue weighted by molar-refractivity contribution is 5.83. The molecule has 0 radical (unpaired) electrons. The predicted octanol–water partition coefficient (Wildman–Crippen LogP) is 1.56. The number of amides is 1. The molecule has 11 heavy (non-hydrogen) atoms. The quantitative estimate of drug-likeness (QED) is 0.611. The number of hydrogen-bond donors (Lipinski definition) is 1. The zero-order chi connectivity index (χ0) is 8.48. The van der Waals surface area contributed by atoms with Gasteiger partial charge in [0.05, 0.1) is 0 Å². The number of carbonyl (C=O) groups excluding carboxylic acids is 1. The van der Waals surface area contributed by atoms with Crippen molar-refractivity contribution < 1.29 is 4.79 Å². The predicted molar refractivity (Wildman–Crippen MR) is 45.2 cm³/mol. The summed E-state index contributed by atoms with van der Waals surface area (Å²) in [4.78, 5) is 11.4. The van der Waals surface area contributed by atoms with Crippen molar-refractivity contribution >= 4 is 5.91 Å². The Labute approximate surface area is 68.4 Å². The van der Waals surface area contributed by atoms with E-state index < -0.39 is 0 Å².